The molecule has 0 saturated carbocycles. The average Bonchev–Trinajstić information content (AvgIpc) is 3.35. The minimum Gasteiger partial charge on any atom is -0.445 e. The number of fused-ring (bicyclic) bond motifs is 1. The minimum absolute atomic E-state index is 0.0588. The molecule has 2 aromatic heterocycles. The number of hydrogen-bond donors (Lipinski definition) is 1. The molecule has 11 nitrogen and oxygen atoms in total. The molecular weight excluding hydrogens is 514 g/mol. The highest BCUT2D eigenvalue weighted by molar-refractivity contribution is 6.06. The summed E-state index contributed by atoms with van der Waals surface area (Å²) in [6, 6.07) is 11.1. The SMILES string of the molecule is CCc1cn(C2COC3(CCN(C(=O)OCc4ccccc4)CC3)OC2)c2ncc(N3CCC(=O)NC3=O)cc12. The van der Waals surface area contributed by atoms with Gasteiger partial charge in [0.2, 0.25) is 5.91 Å². The third-order valence-electron chi connectivity index (χ3n) is 7.94. The number of pyridine rings is 1. The van der Waals surface area contributed by atoms with Gasteiger partial charge in [-0.2, -0.15) is 0 Å². The van der Waals surface area contributed by atoms with Crippen molar-refractivity contribution in [1.82, 2.24) is 19.8 Å². The predicted molar refractivity (Wildman–Crippen MR) is 146 cm³/mol. The predicted octanol–water partition coefficient (Wildman–Crippen LogP) is 3.76. The van der Waals surface area contributed by atoms with Crippen molar-refractivity contribution in [2.24, 2.45) is 0 Å². The van der Waals surface area contributed by atoms with E-state index in [0.29, 0.717) is 51.4 Å². The number of benzene rings is 1. The highest BCUT2D eigenvalue weighted by atomic mass is 16.7. The molecule has 4 amide bonds. The van der Waals surface area contributed by atoms with E-state index in [0.717, 1.165) is 28.6 Å². The van der Waals surface area contributed by atoms with Crippen molar-refractivity contribution in [1.29, 1.82) is 0 Å². The smallest absolute Gasteiger partial charge is 0.410 e. The number of hydrogen-bond acceptors (Lipinski definition) is 7. The Morgan fingerprint density at radius 3 is 2.58 bits per heavy atom. The summed E-state index contributed by atoms with van der Waals surface area (Å²) >= 11 is 0. The molecule has 210 valence electrons. The summed E-state index contributed by atoms with van der Waals surface area (Å²) in [5.74, 6) is -0.970. The van der Waals surface area contributed by atoms with Crippen molar-refractivity contribution in [3.63, 3.8) is 0 Å². The van der Waals surface area contributed by atoms with E-state index in [1.165, 1.54) is 0 Å². The maximum absolute atomic E-state index is 12.6. The number of rotatable bonds is 5. The Hall–Kier alpha value is -3.96. The number of nitrogens with one attached hydrogen (secondary N) is 1. The molecule has 6 rings (SSSR count). The lowest BCUT2D eigenvalue weighted by molar-refractivity contribution is -0.293. The topological polar surface area (TPSA) is 115 Å². The van der Waals surface area contributed by atoms with E-state index in [1.54, 1.807) is 16.0 Å². The van der Waals surface area contributed by atoms with E-state index in [2.05, 4.69) is 23.0 Å². The molecule has 0 atom stereocenters. The molecule has 0 bridgehead atoms. The molecule has 40 heavy (non-hydrogen) atoms. The highest BCUT2D eigenvalue weighted by Gasteiger charge is 2.42. The van der Waals surface area contributed by atoms with Crippen LogP contribution in [0.3, 0.4) is 0 Å². The maximum Gasteiger partial charge on any atom is 0.410 e. The van der Waals surface area contributed by atoms with E-state index >= 15 is 0 Å². The minimum atomic E-state index is -0.705. The summed E-state index contributed by atoms with van der Waals surface area (Å²) in [5.41, 5.74) is 3.53. The number of aryl methyl sites for hydroxylation is 1. The Morgan fingerprint density at radius 1 is 1.12 bits per heavy atom. The molecular formula is C29H33N5O6. The largest absolute Gasteiger partial charge is 0.445 e. The molecule has 0 aliphatic carbocycles. The second-order valence-corrected chi connectivity index (χ2v) is 10.4. The Balaban J connectivity index is 1.08. The number of amides is 4. The number of carbonyl (C=O) groups is 3. The van der Waals surface area contributed by atoms with Gasteiger partial charge in [-0.3, -0.25) is 15.0 Å². The summed E-state index contributed by atoms with van der Waals surface area (Å²) in [7, 11) is 0. The molecule has 5 heterocycles. The summed E-state index contributed by atoms with van der Waals surface area (Å²) < 4.78 is 20.2. The van der Waals surface area contributed by atoms with Gasteiger partial charge in [0.05, 0.1) is 31.1 Å². The van der Waals surface area contributed by atoms with Gasteiger partial charge in [-0.15, -0.1) is 0 Å². The van der Waals surface area contributed by atoms with E-state index in [1.807, 2.05) is 36.4 Å². The number of anilines is 1. The lowest BCUT2D eigenvalue weighted by Gasteiger charge is -2.45. The van der Waals surface area contributed by atoms with Crippen molar-refractivity contribution in [3.8, 4) is 0 Å². The molecule has 3 aliphatic heterocycles. The maximum atomic E-state index is 12.6. The Bertz CT molecular complexity index is 1410. The van der Waals surface area contributed by atoms with Crippen LogP contribution in [0, 0.1) is 0 Å². The summed E-state index contributed by atoms with van der Waals surface area (Å²) in [4.78, 5) is 44.4. The van der Waals surface area contributed by atoms with E-state index in [4.69, 9.17) is 19.2 Å². The Morgan fingerprint density at radius 2 is 1.88 bits per heavy atom. The molecule has 3 saturated heterocycles. The first-order valence-electron chi connectivity index (χ1n) is 13.8. The van der Waals surface area contributed by atoms with Crippen LogP contribution in [0.25, 0.3) is 11.0 Å². The zero-order chi connectivity index (χ0) is 27.7. The van der Waals surface area contributed by atoms with Crippen LogP contribution in [0.15, 0.2) is 48.8 Å². The fourth-order valence-electron chi connectivity index (χ4n) is 5.58. The van der Waals surface area contributed by atoms with Crippen LogP contribution < -0.4 is 10.2 Å². The Kier molecular flexibility index (Phi) is 7.16. The van der Waals surface area contributed by atoms with Gasteiger partial charge in [0.1, 0.15) is 12.3 Å². The normalized spacial score (nSPS) is 19.7. The standard InChI is InChI=1S/C29H33N5O6/c1-2-21-16-34(26-24(21)14-22(15-30-26)33-11-8-25(35)31-27(33)36)23-18-39-29(40-19-23)9-12-32(13-10-29)28(37)38-17-20-6-4-3-5-7-20/h3-7,14-16,23H,2,8-13,17-19H2,1H3,(H,31,35,36). The quantitative estimate of drug-likeness (QED) is 0.517. The van der Waals surface area contributed by atoms with Crippen molar-refractivity contribution in [2.75, 3.05) is 37.7 Å². The number of likely N-dealkylation sites (tertiary alicyclic amines) is 1. The first kappa shape index (κ1) is 26.3. The third kappa shape index (κ3) is 5.14. The first-order chi connectivity index (χ1) is 19.4. The van der Waals surface area contributed by atoms with Crippen molar-refractivity contribution < 1.29 is 28.6 Å². The zero-order valence-corrected chi connectivity index (χ0v) is 22.5. The van der Waals surface area contributed by atoms with Crippen LogP contribution in [0.2, 0.25) is 0 Å². The lowest BCUT2D eigenvalue weighted by atomic mass is 10.0. The Labute approximate surface area is 232 Å². The van der Waals surface area contributed by atoms with Crippen LogP contribution in [0.4, 0.5) is 15.3 Å². The summed E-state index contributed by atoms with van der Waals surface area (Å²) in [6.45, 7) is 4.60. The number of aromatic nitrogens is 2. The van der Waals surface area contributed by atoms with Crippen LogP contribution >= 0.6 is 0 Å². The van der Waals surface area contributed by atoms with Crippen molar-refractivity contribution in [2.45, 2.75) is 51.0 Å². The molecule has 1 spiro atoms. The fraction of sp³-hybridized carbons (Fsp3) is 0.448. The summed E-state index contributed by atoms with van der Waals surface area (Å²) in [5, 5.41) is 3.33. The van der Waals surface area contributed by atoms with Gasteiger partial charge in [-0.25, -0.2) is 14.6 Å². The van der Waals surface area contributed by atoms with Crippen LogP contribution in [0.1, 0.15) is 43.4 Å². The molecule has 0 unspecified atom stereocenters. The molecule has 3 aromatic rings. The number of urea groups is 1. The average molecular weight is 548 g/mol. The zero-order valence-electron chi connectivity index (χ0n) is 22.5. The molecule has 1 N–H and O–H groups in total. The molecule has 0 radical (unpaired) electrons. The van der Waals surface area contributed by atoms with Crippen molar-refractivity contribution in [3.05, 3.63) is 59.9 Å². The summed E-state index contributed by atoms with van der Waals surface area (Å²) in [6.07, 6.45) is 5.65. The second kappa shape index (κ2) is 10.9. The molecule has 3 aliphatic rings. The van der Waals surface area contributed by atoms with E-state index < -0.39 is 11.8 Å². The van der Waals surface area contributed by atoms with Crippen LogP contribution in [-0.4, -0.2) is 71.1 Å². The molecule has 11 heteroatoms. The molecule has 3 fully saturated rings. The van der Waals surface area contributed by atoms with E-state index in [9.17, 15) is 14.4 Å². The van der Waals surface area contributed by atoms with Gasteiger partial charge in [0.15, 0.2) is 5.79 Å². The molecule has 1 aromatic carbocycles. The van der Waals surface area contributed by atoms with Crippen LogP contribution in [-0.2, 0) is 32.0 Å². The number of imide groups is 1. The fourth-order valence-corrected chi connectivity index (χ4v) is 5.58. The van der Waals surface area contributed by atoms with E-state index in [-0.39, 0.29) is 31.1 Å². The van der Waals surface area contributed by atoms with Gasteiger partial charge in [-0.1, -0.05) is 37.3 Å². The first-order valence-corrected chi connectivity index (χ1v) is 13.8. The van der Waals surface area contributed by atoms with Gasteiger partial charge in [0.25, 0.3) is 0 Å². The van der Waals surface area contributed by atoms with Gasteiger partial charge in [-0.05, 0) is 23.6 Å². The third-order valence-corrected chi connectivity index (χ3v) is 7.94. The van der Waals surface area contributed by atoms with Crippen LogP contribution in [0.5, 0.6) is 0 Å². The number of carbonyl (C=O) groups excluding carboxylic acids is 3. The van der Waals surface area contributed by atoms with Gasteiger partial charge in [0, 0.05) is 50.5 Å². The van der Waals surface area contributed by atoms with Crippen molar-refractivity contribution >= 4 is 34.8 Å². The number of nitrogens with zero attached hydrogens (tertiary/aromatic N) is 4. The second-order valence-electron chi connectivity index (χ2n) is 10.4. The highest BCUT2D eigenvalue weighted by Crippen LogP contribution is 2.36. The lowest BCUT2D eigenvalue weighted by Crippen LogP contribution is -2.53. The number of ether oxygens (including phenoxy) is 3. The van der Waals surface area contributed by atoms with Gasteiger partial charge < -0.3 is 23.7 Å². The number of piperidine rings is 1. The monoisotopic (exact) mass is 547 g/mol. The van der Waals surface area contributed by atoms with Gasteiger partial charge >= 0.3 is 12.1 Å².